The number of carbonyl (C=O) groups excluding carboxylic acids is 3. The standard InChI is InChI=1S/C19H16BrNO4/c20-9-1-3-10(4-2-9)25-15(22)8-21-18(23)16-11-5-6-12(14-7-13(11)14)17(16)19(21)24/h1-6,11-14,16-17H,7-8H2. The summed E-state index contributed by atoms with van der Waals surface area (Å²) in [4.78, 5) is 38.9. The Labute approximate surface area is 153 Å². The molecule has 2 amide bonds. The fourth-order valence-electron chi connectivity index (χ4n) is 4.97. The molecule has 0 aromatic heterocycles. The average molecular weight is 402 g/mol. The molecule has 0 N–H and O–H groups in total. The second kappa shape index (κ2) is 5.27. The number of allylic oxidation sites excluding steroid dienone is 2. The molecule has 0 radical (unpaired) electrons. The Balaban J connectivity index is 1.32. The van der Waals surface area contributed by atoms with Gasteiger partial charge in [-0.3, -0.25) is 14.5 Å². The zero-order valence-electron chi connectivity index (χ0n) is 13.3. The van der Waals surface area contributed by atoms with E-state index in [1.807, 2.05) is 0 Å². The number of ether oxygens (including phenoxy) is 1. The van der Waals surface area contributed by atoms with Crippen molar-refractivity contribution < 1.29 is 19.1 Å². The molecule has 5 nitrogen and oxygen atoms in total. The number of nitrogens with zero attached hydrogens (tertiary/aromatic N) is 1. The molecule has 6 unspecified atom stereocenters. The zero-order valence-corrected chi connectivity index (χ0v) is 14.9. The van der Waals surface area contributed by atoms with Gasteiger partial charge in [-0.1, -0.05) is 28.1 Å². The lowest BCUT2D eigenvalue weighted by molar-refractivity contribution is -0.148. The Kier molecular flexibility index (Phi) is 3.23. The molecule has 1 heterocycles. The molecular formula is C19H16BrNO4. The third-order valence-electron chi connectivity index (χ3n) is 6.09. The molecule has 1 aromatic carbocycles. The maximum Gasteiger partial charge on any atom is 0.331 e. The average Bonchev–Trinajstić information content (AvgIpc) is 3.38. The van der Waals surface area contributed by atoms with Crippen LogP contribution in [0.2, 0.25) is 0 Å². The van der Waals surface area contributed by atoms with Crippen molar-refractivity contribution in [1.29, 1.82) is 0 Å². The van der Waals surface area contributed by atoms with Crippen molar-refractivity contribution >= 4 is 33.7 Å². The molecular weight excluding hydrogens is 386 g/mol. The molecule has 6 rings (SSSR count). The highest BCUT2D eigenvalue weighted by Crippen LogP contribution is 2.65. The van der Waals surface area contributed by atoms with Crippen LogP contribution < -0.4 is 4.74 Å². The number of hydrogen-bond acceptors (Lipinski definition) is 4. The summed E-state index contributed by atoms with van der Waals surface area (Å²) in [5, 5.41) is 0. The molecule has 1 aromatic rings. The number of rotatable bonds is 3. The first-order valence-corrected chi connectivity index (χ1v) is 9.33. The Hall–Kier alpha value is -1.95. The van der Waals surface area contributed by atoms with Gasteiger partial charge < -0.3 is 4.74 Å². The second-order valence-corrected chi connectivity index (χ2v) is 8.26. The van der Waals surface area contributed by atoms with Gasteiger partial charge in [0.05, 0.1) is 11.8 Å². The van der Waals surface area contributed by atoms with Gasteiger partial charge in [-0.15, -0.1) is 0 Å². The summed E-state index contributed by atoms with van der Waals surface area (Å²) >= 11 is 3.31. The fraction of sp³-hybridized carbons (Fsp3) is 0.421. The van der Waals surface area contributed by atoms with Crippen molar-refractivity contribution in [2.24, 2.45) is 35.5 Å². The molecule has 6 heteroatoms. The molecule has 2 saturated carbocycles. The Morgan fingerprint density at radius 2 is 1.60 bits per heavy atom. The minimum Gasteiger partial charge on any atom is -0.425 e. The van der Waals surface area contributed by atoms with Gasteiger partial charge in [-0.05, 0) is 54.4 Å². The highest BCUT2D eigenvalue weighted by Gasteiger charge is 2.67. The van der Waals surface area contributed by atoms with Crippen molar-refractivity contribution in [2.75, 3.05) is 6.54 Å². The first-order valence-electron chi connectivity index (χ1n) is 8.54. The second-order valence-electron chi connectivity index (χ2n) is 7.35. The molecule has 128 valence electrons. The Bertz CT molecular complexity index is 781. The topological polar surface area (TPSA) is 63.7 Å². The van der Waals surface area contributed by atoms with Gasteiger partial charge in [0.15, 0.2) is 0 Å². The van der Waals surface area contributed by atoms with E-state index in [0.29, 0.717) is 17.6 Å². The van der Waals surface area contributed by atoms with Crippen molar-refractivity contribution in [3.05, 3.63) is 40.9 Å². The fourth-order valence-corrected chi connectivity index (χ4v) is 5.23. The van der Waals surface area contributed by atoms with E-state index in [4.69, 9.17) is 4.74 Å². The van der Waals surface area contributed by atoms with E-state index in [-0.39, 0.29) is 42.0 Å². The van der Waals surface area contributed by atoms with Crippen molar-refractivity contribution in [3.8, 4) is 5.75 Å². The Morgan fingerprint density at radius 3 is 2.16 bits per heavy atom. The highest BCUT2D eigenvalue weighted by molar-refractivity contribution is 9.10. The summed E-state index contributed by atoms with van der Waals surface area (Å²) in [6, 6.07) is 6.85. The molecule has 25 heavy (non-hydrogen) atoms. The van der Waals surface area contributed by atoms with Crippen LogP contribution >= 0.6 is 15.9 Å². The van der Waals surface area contributed by atoms with E-state index in [1.54, 1.807) is 24.3 Å². The van der Waals surface area contributed by atoms with Crippen LogP contribution in [0.15, 0.2) is 40.9 Å². The molecule has 0 spiro atoms. The van der Waals surface area contributed by atoms with Gasteiger partial charge >= 0.3 is 5.97 Å². The molecule has 2 bridgehead atoms. The molecule has 6 atom stereocenters. The number of esters is 1. The largest absolute Gasteiger partial charge is 0.425 e. The lowest BCUT2D eigenvalue weighted by Crippen LogP contribution is -2.40. The normalized spacial score (nSPS) is 37.1. The number of likely N-dealkylation sites (tertiary alicyclic amines) is 1. The molecule has 5 aliphatic rings. The van der Waals surface area contributed by atoms with Gasteiger partial charge in [0.1, 0.15) is 12.3 Å². The number of halogens is 1. The summed E-state index contributed by atoms with van der Waals surface area (Å²) < 4.78 is 6.14. The third-order valence-corrected chi connectivity index (χ3v) is 6.62. The first-order chi connectivity index (χ1) is 12.0. The first kappa shape index (κ1) is 15.3. The molecule has 1 saturated heterocycles. The lowest BCUT2D eigenvalue weighted by atomic mass is 9.63. The minimum absolute atomic E-state index is 0.170. The van der Waals surface area contributed by atoms with E-state index >= 15 is 0 Å². The SMILES string of the molecule is O=C(CN1C(=O)C2C3C=CC(C4CC34)C2C1=O)Oc1ccc(Br)cc1. The predicted octanol–water partition coefficient (Wildman–Crippen LogP) is 2.41. The quantitative estimate of drug-likeness (QED) is 0.337. The van der Waals surface area contributed by atoms with Crippen molar-refractivity contribution in [3.63, 3.8) is 0 Å². The molecule has 3 fully saturated rings. The van der Waals surface area contributed by atoms with Gasteiger partial charge in [-0.25, -0.2) is 4.79 Å². The van der Waals surface area contributed by atoms with E-state index in [9.17, 15) is 14.4 Å². The van der Waals surface area contributed by atoms with Crippen LogP contribution in [0.4, 0.5) is 0 Å². The van der Waals surface area contributed by atoms with Gasteiger partial charge in [-0.2, -0.15) is 0 Å². The van der Waals surface area contributed by atoms with Crippen LogP contribution in [0.25, 0.3) is 0 Å². The molecule has 4 aliphatic carbocycles. The predicted molar refractivity (Wildman–Crippen MR) is 91.2 cm³/mol. The monoisotopic (exact) mass is 401 g/mol. The van der Waals surface area contributed by atoms with Crippen molar-refractivity contribution in [2.45, 2.75) is 6.42 Å². The Morgan fingerprint density at radius 1 is 1.04 bits per heavy atom. The minimum atomic E-state index is -0.590. The van der Waals surface area contributed by atoms with E-state index in [1.165, 1.54) is 0 Å². The van der Waals surface area contributed by atoms with Gasteiger partial charge in [0.2, 0.25) is 11.8 Å². The van der Waals surface area contributed by atoms with E-state index in [0.717, 1.165) is 15.8 Å². The van der Waals surface area contributed by atoms with Crippen LogP contribution in [0.1, 0.15) is 6.42 Å². The number of carbonyl (C=O) groups is 3. The van der Waals surface area contributed by atoms with Crippen molar-refractivity contribution in [1.82, 2.24) is 4.90 Å². The summed E-state index contributed by atoms with van der Waals surface area (Å²) in [5.74, 6) is 0.317. The number of benzene rings is 1. The zero-order chi connectivity index (χ0) is 17.3. The highest BCUT2D eigenvalue weighted by atomic mass is 79.9. The smallest absolute Gasteiger partial charge is 0.331 e. The van der Waals surface area contributed by atoms with Crippen LogP contribution in [0.3, 0.4) is 0 Å². The van der Waals surface area contributed by atoms with Crippen LogP contribution in [0, 0.1) is 35.5 Å². The molecule has 1 aliphatic heterocycles. The maximum absolute atomic E-state index is 12.8. The van der Waals surface area contributed by atoms with Crippen LogP contribution in [-0.2, 0) is 14.4 Å². The van der Waals surface area contributed by atoms with Gasteiger partial charge in [0.25, 0.3) is 0 Å². The van der Waals surface area contributed by atoms with Crippen LogP contribution in [0.5, 0.6) is 5.75 Å². The summed E-state index contributed by atoms with van der Waals surface area (Å²) in [5.41, 5.74) is 0. The van der Waals surface area contributed by atoms with Crippen LogP contribution in [-0.4, -0.2) is 29.2 Å². The summed E-state index contributed by atoms with van der Waals surface area (Å²) in [6.07, 6.45) is 5.37. The number of imide groups is 1. The summed E-state index contributed by atoms with van der Waals surface area (Å²) in [6.45, 7) is -0.310. The number of hydrogen-bond donors (Lipinski definition) is 0. The maximum atomic E-state index is 12.8. The lowest BCUT2D eigenvalue weighted by Gasteiger charge is -2.37. The summed E-state index contributed by atoms with van der Waals surface area (Å²) in [7, 11) is 0. The van der Waals surface area contributed by atoms with E-state index < -0.39 is 5.97 Å². The third kappa shape index (κ3) is 2.23. The van der Waals surface area contributed by atoms with E-state index in [2.05, 4.69) is 28.1 Å². The number of amides is 2. The van der Waals surface area contributed by atoms with Gasteiger partial charge in [0, 0.05) is 4.47 Å².